The number of aromatic nitrogens is 1. The van der Waals surface area contributed by atoms with Gasteiger partial charge in [-0.2, -0.15) is 9.57 Å². The van der Waals surface area contributed by atoms with Crippen molar-refractivity contribution in [2.45, 2.75) is 30.4 Å². The van der Waals surface area contributed by atoms with Crippen molar-refractivity contribution in [1.29, 1.82) is 5.26 Å². The quantitative estimate of drug-likeness (QED) is 0.688. The van der Waals surface area contributed by atoms with Gasteiger partial charge in [-0.15, -0.1) is 11.3 Å². The van der Waals surface area contributed by atoms with Crippen LogP contribution in [0.4, 0.5) is 0 Å². The maximum absolute atomic E-state index is 12.8. The fourth-order valence-corrected chi connectivity index (χ4v) is 6.18. The summed E-state index contributed by atoms with van der Waals surface area (Å²) in [4.78, 5) is 12.0. The molecule has 0 bridgehead atoms. The minimum Gasteiger partial charge on any atom is -0.545 e. The second kappa shape index (κ2) is 7.91. The number of hydrogen-bond acceptors (Lipinski definition) is 6. The van der Waals surface area contributed by atoms with Gasteiger partial charge in [-0.1, -0.05) is 6.42 Å². The van der Waals surface area contributed by atoms with E-state index in [1.807, 2.05) is 6.07 Å². The number of piperidine rings is 1. The Balaban J connectivity index is 1.99. The molecule has 0 spiro atoms. The van der Waals surface area contributed by atoms with Gasteiger partial charge in [0.1, 0.15) is 16.0 Å². The zero-order valence-corrected chi connectivity index (χ0v) is 17.3. The standard InChI is InChI=1S/C19H21N3O4S2/c1-13-14(10-15(12-20)21(13)2)11-16(19(23)24)17-6-7-18(27-17)28(25,26)22-8-4-3-5-9-22/h6-7,10-11H,3-5,8-9H2,1-2H3,(H,23,24)/p-1/b16-11+. The lowest BCUT2D eigenvalue weighted by atomic mass is 10.1. The van der Waals surface area contributed by atoms with Crippen LogP contribution in [0, 0.1) is 18.3 Å². The molecule has 0 N–H and O–H groups in total. The first-order valence-corrected chi connectivity index (χ1v) is 11.1. The van der Waals surface area contributed by atoms with Crippen molar-refractivity contribution in [1.82, 2.24) is 8.87 Å². The zero-order chi connectivity index (χ0) is 20.5. The normalized spacial score (nSPS) is 16.1. The lowest BCUT2D eigenvalue weighted by Crippen LogP contribution is -2.35. The summed E-state index contributed by atoms with van der Waals surface area (Å²) < 4.78 is 28.9. The van der Waals surface area contributed by atoms with Gasteiger partial charge in [-0.3, -0.25) is 0 Å². The molecule has 0 saturated carbocycles. The summed E-state index contributed by atoms with van der Waals surface area (Å²) in [6, 6.07) is 6.58. The number of sulfonamides is 1. The summed E-state index contributed by atoms with van der Waals surface area (Å²) in [6.45, 7) is 2.75. The Hall–Kier alpha value is -2.41. The van der Waals surface area contributed by atoms with Crippen LogP contribution in [0.2, 0.25) is 0 Å². The van der Waals surface area contributed by atoms with Crippen LogP contribution in [-0.2, 0) is 21.9 Å². The predicted molar refractivity (Wildman–Crippen MR) is 105 cm³/mol. The van der Waals surface area contributed by atoms with Gasteiger partial charge in [0.05, 0.1) is 5.97 Å². The highest BCUT2D eigenvalue weighted by Gasteiger charge is 2.27. The summed E-state index contributed by atoms with van der Waals surface area (Å²) in [5.41, 5.74) is 1.60. The monoisotopic (exact) mass is 418 g/mol. The van der Waals surface area contributed by atoms with Crippen LogP contribution in [0.5, 0.6) is 0 Å². The van der Waals surface area contributed by atoms with Crippen molar-refractivity contribution in [2.24, 2.45) is 7.05 Å². The first kappa shape index (κ1) is 20.3. The van der Waals surface area contributed by atoms with Gasteiger partial charge < -0.3 is 14.5 Å². The number of rotatable bonds is 5. The Morgan fingerprint density at radius 2 is 1.96 bits per heavy atom. The van der Waals surface area contributed by atoms with Crippen molar-refractivity contribution in [3.8, 4) is 6.07 Å². The van der Waals surface area contributed by atoms with E-state index < -0.39 is 16.0 Å². The van der Waals surface area contributed by atoms with Gasteiger partial charge in [0.15, 0.2) is 0 Å². The molecule has 9 heteroatoms. The van der Waals surface area contributed by atoms with Crippen molar-refractivity contribution in [3.63, 3.8) is 0 Å². The summed E-state index contributed by atoms with van der Waals surface area (Å²) in [6.07, 6.45) is 4.10. The average Bonchev–Trinajstić information content (AvgIpc) is 3.27. The van der Waals surface area contributed by atoms with Crippen LogP contribution >= 0.6 is 11.3 Å². The van der Waals surface area contributed by atoms with Gasteiger partial charge in [0.2, 0.25) is 0 Å². The Morgan fingerprint density at radius 1 is 1.29 bits per heavy atom. The molecule has 148 valence electrons. The lowest BCUT2D eigenvalue weighted by molar-refractivity contribution is -0.295. The molecule has 1 aliphatic rings. The molecule has 7 nitrogen and oxygen atoms in total. The number of thiophene rings is 1. The first-order chi connectivity index (χ1) is 13.3. The maximum Gasteiger partial charge on any atom is 0.252 e. The van der Waals surface area contributed by atoms with Crippen LogP contribution in [0.15, 0.2) is 22.4 Å². The van der Waals surface area contributed by atoms with Crippen LogP contribution in [0.1, 0.15) is 41.1 Å². The third-order valence-corrected chi connectivity index (χ3v) is 8.45. The van der Waals surface area contributed by atoms with Gasteiger partial charge >= 0.3 is 0 Å². The predicted octanol–water partition coefficient (Wildman–Crippen LogP) is 1.73. The largest absolute Gasteiger partial charge is 0.545 e. The van der Waals surface area contributed by atoms with E-state index in [2.05, 4.69) is 0 Å². The van der Waals surface area contributed by atoms with E-state index >= 15 is 0 Å². The fraction of sp³-hybridized carbons (Fsp3) is 0.368. The minimum absolute atomic E-state index is 0.108. The second-order valence-electron chi connectivity index (χ2n) is 6.67. The molecule has 0 aromatic carbocycles. The summed E-state index contributed by atoms with van der Waals surface area (Å²) >= 11 is 0.921. The van der Waals surface area contributed by atoms with Crippen LogP contribution in [0.25, 0.3) is 11.6 Å². The van der Waals surface area contributed by atoms with E-state index in [1.165, 1.54) is 22.5 Å². The molecule has 28 heavy (non-hydrogen) atoms. The van der Waals surface area contributed by atoms with Gasteiger partial charge in [0.25, 0.3) is 10.0 Å². The molecule has 1 aliphatic heterocycles. The first-order valence-electron chi connectivity index (χ1n) is 8.85. The SMILES string of the molecule is Cc1c(/C=C(/C(=O)[O-])c2ccc(S(=O)(=O)N3CCCCC3)s2)cc(C#N)n1C. The number of carboxylic acids is 1. The smallest absolute Gasteiger partial charge is 0.252 e. The van der Waals surface area contributed by atoms with Crippen LogP contribution in [0.3, 0.4) is 0 Å². The molecular weight excluding hydrogens is 398 g/mol. The van der Waals surface area contributed by atoms with Gasteiger partial charge in [-0.25, -0.2) is 8.42 Å². The Labute approximate surface area is 168 Å². The second-order valence-corrected chi connectivity index (χ2v) is 9.92. The Kier molecular flexibility index (Phi) is 5.74. The van der Waals surface area contributed by atoms with E-state index in [9.17, 15) is 18.3 Å². The minimum atomic E-state index is -3.62. The molecule has 0 radical (unpaired) electrons. The topological polar surface area (TPSA) is 106 Å². The summed E-state index contributed by atoms with van der Waals surface area (Å²) in [5.74, 6) is -1.40. The van der Waals surface area contributed by atoms with E-state index in [1.54, 1.807) is 24.6 Å². The molecule has 0 unspecified atom stereocenters. The van der Waals surface area contributed by atoms with Gasteiger partial charge in [0, 0.05) is 36.3 Å². The van der Waals surface area contributed by atoms with Crippen LogP contribution < -0.4 is 5.11 Å². The molecule has 0 aliphatic carbocycles. The molecule has 0 amide bonds. The Morgan fingerprint density at radius 3 is 2.54 bits per heavy atom. The highest BCUT2D eigenvalue weighted by Crippen LogP contribution is 2.32. The molecule has 1 saturated heterocycles. The molecular formula is C19H20N3O4S2-. The number of hydrogen-bond donors (Lipinski definition) is 0. The van der Waals surface area contributed by atoms with Crippen molar-refractivity contribution >= 4 is 39.0 Å². The Bertz CT molecular complexity index is 1080. The maximum atomic E-state index is 12.8. The summed E-state index contributed by atoms with van der Waals surface area (Å²) in [5, 5.41) is 20.9. The zero-order valence-electron chi connectivity index (χ0n) is 15.6. The molecule has 1 fully saturated rings. The van der Waals surface area contributed by atoms with E-state index in [0.717, 1.165) is 36.3 Å². The lowest BCUT2D eigenvalue weighted by Gasteiger charge is -2.25. The van der Waals surface area contributed by atoms with Crippen LogP contribution in [-0.4, -0.2) is 36.3 Å². The molecule has 0 atom stereocenters. The molecule has 3 rings (SSSR count). The van der Waals surface area contributed by atoms with Crippen molar-refractivity contribution < 1.29 is 18.3 Å². The number of carboxylic acid groups (broad SMARTS) is 1. The number of nitrogens with zero attached hydrogens (tertiary/aromatic N) is 3. The number of aliphatic carboxylic acids is 1. The number of nitriles is 1. The van der Waals surface area contributed by atoms with Crippen molar-refractivity contribution in [2.75, 3.05) is 13.1 Å². The highest BCUT2D eigenvalue weighted by molar-refractivity contribution is 7.91. The third-order valence-electron chi connectivity index (χ3n) is 4.96. The number of carbonyl (C=O) groups excluding carboxylic acids is 1. The van der Waals surface area contributed by atoms with E-state index in [4.69, 9.17) is 5.26 Å². The number of carbonyl (C=O) groups is 1. The van der Waals surface area contributed by atoms with Gasteiger partial charge in [-0.05, 0) is 49.6 Å². The fourth-order valence-electron chi connectivity index (χ4n) is 3.20. The van der Waals surface area contributed by atoms with E-state index in [-0.39, 0.29) is 9.78 Å². The van der Waals surface area contributed by atoms with E-state index in [0.29, 0.717) is 29.2 Å². The molecule has 2 aromatic heterocycles. The third kappa shape index (κ3) is 3.76. The van der Waals surface area contributed by atoms with Crippen molar-refractivity contribution in [3.05, 3.63) is 40.0 Å². The molecule has 3 heterocycles. The summed E-state index contributed by atoms with van der Waals surface area (Å²) in [7, 11) is -1.90. The average molecular weight is 419 g/mol. The molecule has 2 aromatic rings. The highest BCUT2D eigenvalue weighted by atomic mass is 32.2.